The molecule has 0 radical (unpaired) electrons. The van der Waals surface area contributed by atoms with Crippen molar-refractivity contribution in [1.82, 2.24) is 20.3 Å². The molecule has 0 fully saturated rings. The van der Waals surface area contributed by atoms with Gasteiger partial charge in [-0.1, -0.05) is 65.4 Å². The SMILES string of the molecule is O=C(Cc1nnn(-c2ccccc2)c1-c1ccccc1)NCCC1=CCCCC1. The Balaban J connectivity index is 1.50. The number of amides is 1. The molecule has 1 amide bonds. The van der Waals surface area contributed by atoms with Gasteiger partial charge in [0.1, 0.15) is 5.69 Å². The summed E-state index contributed by atoms with van der Waals surface area (Å²) in [5, 5.41) is 11.7. The van der Waals surface area contributed by atoms with Gasteiger partial charge in [0.2, 0.25) is 5.91 Å². The summed E-state index contributed by atoms with van der Waals surface area (Å²) in [5.74, 6) is -0.0151. The molecule has 0 saturated heterocycles. The van der Waals surface area contributed by atoms with Gasteiger partial charge in [0.15, 0.2) is 0 Å². The number of benzene rings is 2. The van der Waals surface area contributed by atoms with Crippen molar-refractivity contribution in [2.45, 2.75) is 38.5 Å². The van der Waals surface area contributed by atoms with Crippen molar-refractivity contribution in [1.29, 1.82) is 0 Å². The Morgan fingerprint density at radius 1 is 1.00 bits per heavy atom. The molecule has 0 saturated carbocycles. The first-order valence-electron chi connectivity index (χ1n) is 10.3. The van der Waals surface area contributed by atoms with E-state index in [1.54, 1.807) is 0 Å². The summed E-state index contributed by atoms with van der Waals surface area (Å²) in [5.41, 5.74) is 4.94. The minimum Gasteiger partial charge on any atom is -0.355 e. The van der Waals surface area contributed by atoms with Gasteiger partial charge >= 0.3 is 0 Å². The van der Waals surface area contributed by atoms with Crippen LogP contribution in [0.4, 0.5) is 0 Å². The highest BCUT2D eigenvalue weighted by Gasteiger charge is 2.18. The molecule has 1 aliphatic rings. The number of hydrogen-bond acceptors (Lipinski definition) is 3. The molecular formula is C24H26N4O. The number of nitrogens with zero attached hydrogens (tertiary/aromatic N) is 3. The zero-order valence-electron chi connectivity index (χ0n) is 16.6. The maximum Gasteiger partial charge on any atom is 0.226 e. The van der Waals surface area contributed by atoms with Crippen LogP contribution in [0.3, 0.4) is 0 Å². The predicted octanol–water partition coefficient (Wildman–Crippen LogP) is 4.48. The molecule has 3 aromatic rings. The lowest BCUT2D eigenvalue weighted by Gasteiger charge is -2.13. The molecule has 1 aliphatic carbocycles. The third-order valence-corrected chi connectivity index (χ3v) is 5.27. The van der Waals surface area contributed by atoms with E-state index in [0.717, 1.165) is 23.4 Å². The van der Waals surface area contributed by atoms with Crippen LogP contribution in [0.1, 0.15) is 37.8 Å². The molecule has 1 N–H and O–H groups in total. The first-order valence-corrected chi connectivity index (χ1v) is 10.3. The number of rotatable bonds is 7. The number of carbonyl (C=O) groups excluding carboxylic acids is 1. The van der Waals surface area contributed by atoms with Gasteiger partial charge < -0.3 is 5.32 Å². The number of aromatic nitrogens is 3. The summed E-state index contributed by atoms with van der Waals surface area (Å²) in [7, 11) is 0. The van der Waals surface area contributed by atoms with Crippen molar-refractivity contribution >= 4 is 5.91 Å². The standard InChI is InChI=1S/C24H26N4O/c29-23(25-17-16-19-10-4-1-5-11-19)18-22-24(20-12-6-2-7-13-20)28(27-26-22)21-14-8-3-9-15-21/h2-3,6-10,12-15H,1,4-5,11,16-18H2,(H,25,29). The average Bonchev–Trinajstić information content (AvgIpc) is 3.19. The van der Waals surface area contributed by atoms with E-state index in [9.17, 15) is 4.79 Å². The van der Waals surface area contributed by atoms with E-state index < -0.39 is 0 Å². The number of nitrogens with one attached hydrogen (secondary N) is 1. The summed E-state index contributed by atoms with van der Waals surface area (Å²) in [6.45, 7) is 0.679. The minimum absolute atomic E-state index is 0.0151. The van der Waals surface area contributed by atoms with E-state index in [1.165, 1.54) is 31.3 Å². The van der Waals surface area contributed by atoms with Crippen LogP contribution in [0, 0.1) is 0 Å². The molecule has 0 unspecified atom stereocenters. The van der Waals surface area contributed by atoms with E-state index >= 15 is 0 Å². The Kier molecular flexibility index (Phi) is 6.15. The molecule has 0 bridgehead atoms. The Bertz CT molecular complexity index is 977. The fourth-order valence-corrected chi connectivity index (χ4v) is 3.78. The lowest BCUT2D eigenvalue weighted by Crippen LogP contribution is -2.26. The highest BCUT2D eigenvalue weighted by Crippen LogP contribution is 2.25. The van der Waals surface area contributed by atoms with E-state index in [4.69, 9.17) is 0 Å². The molecule has 1 heterocycles. The first-order chi connectivity index (χ1) is 14.3. The number of hydrogen-bond donors (Lipinski definition) is 1. The summed E-state index contributed by atoms with van der Waals surface area (Å²) >= 11 is 0. The van der Waals surface area contributed by atoms with Crippen molar-refractivity contribution < 1.29 is 4.79 Å². The predicted molar refractivity (Wildman–Crippen MR) is 115 cm³/mol. The summed E-state index contributed by atoms with van der Waals surface area (Å²) < 4.78 is 1.81. The van der Waals surface area contributed by atoms with Crippen LogP contribution < -0.4 is 5.32 Å². The third kappa shape index (κ3) is 4.80. The lowest BCUT2D eigenvalue weighted by atomic mass is 9.97. The largest absolute Gasteiger partial charge is 0.355 e. The van der Waals surface area contributed by atoms with Gasteiger partial charge in [0.05, 0.1) is 17.8 Å². The highest BCUT2D eigenvalue weighted by molar-refractivity contribution is 5.80. The lowest BCUT2D eigenvalue weighted by molar-refractivity contribution is -0.120. The molecule has 5 nitrogen and oxygen atoms in total. The van der Waals surface area contributed by atoms with Gasteiger partial charge in [0, 0.05) is 12.1 Å². The molecule has 2 aromatic carbocycles. The van der Waals surface area contributed by atoms with Crippen LogP contribution in [0.15, 0.2) is 72.3 Å². The summed E-state index contributed by atoms with van der Waals surface area (Å²) in [6, 6.07) is 19.9. The van der Waals surface area contributed by atoms with Crippen LogP contribution in [-0.2, 0) is 11.2 Å². The van der Waals surface area contributed by atoms with Gasteiger partial charge in [-0.25, -0.2) is 4.68 Å². The molecule has 0 aliphatic heterocycles. The summed E-state index contributed by atoms with van der Waals surface area (Å²) in [4.78, 5) is 12.6. The average molecular weight is 386 g/mol. The minimum atomic E-state index is -0.0151. The van der Waals surface area contributed by atoms with E-state index in [-0.39, 0.29) is 12.3 Å². The fourth-order valence-electron chi connectivity index (χ4n) is 3.78. The van der Waals surface area contributed by atoms with Crippen LogP contribution in [0.5, 0.6) is 0 Å². The Morgan fingerprint density at radius 2 is 1.76 bits per heavy atom. The second kappa shape index (κ2) is 9.32. The van der Waals surface area contributed by atoms with Gasteiger partial charge in [0.25, 0.3) is 0 Å². The zero-order valence-corrected chi connectivity index (χ0v) is 16.6. The van der Waals surface area contributed by atoms with E-state index in [0.29, 0.717) is 12.2 Å². The van der Waals surface area contributed by atoms with Crippen molar-refractivity contribution in [2.24, 2.45) is 0 Å². The smallest absolute Gasteiger partial charge is 0.226 e. The van der Waals surface area contributed by atoms with Gasteiger partial charge in [-0.3, -0.25) is 4.79 Å². The quantitative estimate of drug-likeness (QED) is 0.609. The summed E-state index contributed by atoms with van der Waals surface area (Å²) in [6.07, 6.45) is 8.38. The molecular weight excluding hydrogens is 360 g/mol. The molecule has 5 heteroatoms. The Morgan fingerprint density at radius 3 is 2.48 bits per heavy atom. The van der Waals surface area contributed by atoms with Crippen LogP contribution in [0.25, 0.3) is 16.9 Å². The first kappa shape index (κ1) is 19.1. The van der Waals surface area contributed by atoms with Crippen LogP contribution in [-0.4, -0.2) is 27.4 Å². The number of allylic oxidation sites excluding steroid dienone is 1. The highest BCUT2D eigenvalue weighted by atomic mass is 16.1. The van der Waals surface area contributed by atoms with Crippen molar-refractivity contribution in [3.63, 3.8) is 0 Å². The molecule has 4 rings (SSSR count). The third-order valence-electron chi connectivity index (χ3n) is 5.27. The van der Waals surface area contributed by atoms with Gasteiger partial charge in [-0.05, 0) is 44.2 Å². The molecule has 0 atom stereocenters. The van der Waals surface area contributed by atoms with Crippen molar-refractivity contribution in [3.8, 4) is 16.9 Å². The topological polar surface area (TPSA) is 59.8 Å². The maximum absolute atomic E-state index is 12.6. The Hall–Kier alpha value is -3.21. The molecule has 29 heavy (non-hydrogen) atoms. The second-order valence-corrected chi connectivity index (χ2v) is 7.38. The number of carbonyl (C=O) groups is 1. The van der Waals surface area contributed by atoms with E-state index in [2.05, 4.69) is 21.7 Å². The molecule has 0 spiro atoms. The van der Waals surface area contributed by atoms with Crippen molar-refractivity contribution in [2.75, 3.05) is 6.54 Å². The van der Waals surface area contributed by atoms with Crippen LogP contribution in [0.2, 0.25) is 0 Å². The number of para-hydroxylation sites is 1. The normalized spacial score (nSPS) is 13.7. The van der Waals surface area contributed by atoms with E-state index in [1.807, 2.05) is 65.3 Å². The van der Waals surface area contributed by atoms with Gasteiger partial charge in [-0.2, -0.15) is 0 Å². The second-order valence-electron chi connectivity index (χ2n) is 7.38. The maximum atomic E-state index is 12.6. The van der Waals surface area contributed by atoms with Crippen molar-refractivity contribution in [3.05, 3.63) is 78.0 Å². The molecule has 148 valence electrons. The fraction of sp³-hybridized carbons (Fsp3) is 0.292. The zero-order chi connectivity index (χ0) is 19.9. The Labute approximate surface area is 171 Å². The van der Waals surface area contributed by atoms with Gasteiger partial charge in [-0.15, -0.1) is 5.10 Å². The molecule has 1 aromatic heterocycles. The monoisotopic (exact) mass is 386 g/mol. The van der Waals surface area contributed by atoms with Crippen LogP contribution >= 0.6 is 0 Å².